The van der Waals surface area contributed by atoms with E-state index in [9.17, 15) is 4.79 Å². The van der Waals surface area contributed by atoms with Crippen molar-refractivity contribution in [2.24, 2.45) is 5.92 Å². The first-order valence-corrected chi connectivity index (χ1v) is 5.05. The predicted octanol–water partition coefficient (Wildman–Crippen LogP) is 1.61. The molecule has 0 aromatic carbocycles. The molecule has 1 aliphatic rings. The van der Waals surface area contributed by atoms with Crippen LogP contribution >= 0.6 is 0 Å². The van der Waals surface area contributed by atoms with Gasteiger partial charge in [0.1, 0.15) is 6.26 Å². The summed E-state index contributed by atoms with van der Waals surface area (Å²) in [5.74, 6) is -0.463. The molecule has 2 atom stereocenters. The lowest BCUT2D eigenvalue weighted by Gasteiger charge is -2.20. The zero-order chi connectivity index (χ0) is 11.0. The molecule has 0 radical (unpaired) electrons. The number of oxazole rings is 1. The zero-order valence-electron chi connectivity index (χ0n) is 8.80. The van der Waals surface area contributed by atoms with E-state index in [-0.39, 0.29) is 5.69 Å². The van der Waals surface area contributed by atoms with Crippen LogP contribution in [0.1, 0.15) is 30.8 Å². The summed E-state index contributed by atoms with van der Waals surface area (Å²) in [6, 6.07) is 0.773. The lowest BCUT2D eigenvalue weighted by Crippen LogP contribution is -2.29. The van der Waals surface area contributed by atoms with Gasteiger partial charge in [-0.25, -0.2) is 4.79 Å². The summed E-state index contributed by atoms with van der Waals surface area (Å²) in [5, 5.41) is 8.72. The highest BCUT2D eigenvalue weighted by atomic mass is 16.4. The van der Waals surface area contributed by atoms with Crippen molar-refractivity contribution in [3.05, 3.63) is 12.0 Å². The van der Waals surface area contributed by atoms with E-state index in [1.807, 2.05) is 4.90 Å². The number of carbonyl (C=O) groups is 1. The average Bonchev–Trinajstić information content (AvgIpc) is 2.76. The molecule has 0 bridgehead atoms. The summed E-state index contributed by atoms with van der Waals surface area (Å²) < 4.78 is 5.16. The van der Waals surface area contributed by atoms with E-state index < -0.39 is 5.97 Å². The summed E-state index contributed by atoms with van der Waals surface area (Å²) in [7, 11) is 0. The summed E-state index contributed by atoms with van der Waals surface area (Å²) in [4.78, 5) is 16.6. The maximum Gasteiger partial charge on any atom is 0.357 e. The average molecular weight is 210 g/mol. The Kier molecular flexibility index (Phi) is 2.38. The minimum Gasteiger partial charge on any atom is -0.476 e. The van der Waals surface area contributed by atoms with E-state index in [4.69, 9.17) is 9.52 Å². The second-order valence-electron chi connectivity index (χ2n) is 4.02. The molecule has 2 heterocycles. The number of carboxylic acids is 1. The van der Waals surface area contributed by atoms with Gasteiger partial charge in [-0.1, -0.05) is 6.92 Å². The van der Waals surface area contributed by atoms with Gasteiger partial charge in [0, 0.05) is 12.6 Å². The molecule has 1 N–H and O–H groups in total. The first-order chi connectivity index (χ1) is 7.09. The summed E-state index contributed by atoms with van der Waals surface area (Å²) in [6.07, 6.45) is 2.28. The second kappa shape index (κ2) is 3.56. The number of anilines is 1. The van der Waals surface area contributed by atoms with Gasteiger partial charge in [0.15, 0.2) is 5.69 Å². The number of nitrogens with zero attached hydrogens (tertiary/aromatic N) is 2. The quantitative estimate of drug-likeness (QED) is 0.803. The van der Waals surface area contributed by atoms with Crippen LogP contribution in [0.5, 0.6) is 0 Å². The Morgan fingerprint density at radius 1 is 1.67 bits per heavy atom. The van der Waals surface area contributed by atoms with E-state index in [1.165, 1.54) is 6.26 Å². The topological polar surface area (TPSA) is 66.6 Å². The Morgan fingerprint density at radius 2 is 2.40 bits per heavy atom. The molecule has 0 spiro atoms. The third kappa shape index (κ3) is 1.69. The highest BCUT2D eigenvalue weighted by Crippen LogP contribution is 2.28. The highest BCUT2D eigenvalue weighted by Gasteiger charge is 2.30. The number of rotatable bonds is 2. The third-order valence-corrected chi connectivity index (χ3v) is 3.10. The smallest absolute Gasteiger partial charge is 0.357 e. The molecule has 0 amide bonds. The van der Waals surface area contributed by atoms with Crippen molar-refractivity contribution >= 4 is 12.0 Å². The highest BCUT2D eigenvalue weighted by molar-refractivity contribution is 5.85. The minimum absolute atomic E-state index is 0.0308. The van der Waals surface area contributed by atoms with Gasteiger partial charge in [-0.2, -0.15) is 4.98 Å². The Hall–Kier alpha value is -1.52. The Labute approximate surface area is 87.7 Å². The van der Waals surface area contributed by atoms with E-state index in [0.29, 0.717) is 18.0 Å². The van der Waals surface area contributed by atoms with Crippen molar-refractivity contribution in [3.8, 4) is 0 Å². The van der Waals surface area contributed by atoms with Gasteiger partial charge < -0.3 is 14.4 Å². The van der Waals surface area contributed by atoms with Gasteiger partial charge in [-0.3, -0.25) is 0 Å². The molecule has 1 saturated heterocycles. The van der Waals surface area contributed by atoms with Crippen molar-refractivity contribution in [1.29, 1.82) is 0 Å². The molecule has 1 aliphatic heterocycles. The fourth-order valence-corrected chi connectivity index (χ4v) is 1.86. The largest absolute Gasteiger partial charge is 0.476 e. The molecule has 82 valence electrons. The lowest BCUT2D eigenvalue weighted by molar-refractivity contribution is 0.0690. The number of aromatic carboxylic acids is 1. The van der Waals surface area contributed by atoms with Gasteiger partial charge in [0.2, 0.25) is 0 Å². The second-order valence-corrected chi connectivity index (χ2v) is 4.02. The molecular formula is C10H14N2O3. The molecule has 0 saturated carbocycles. The molecule has 1 aromatic rings. The van der Waals surface area contributed by atoms with E-state index in [0.717, 1.165) is 13.0 Å². The molecular weight excluding hydrogens is 196 g/mol. The molecule has 0 aliphatic carbocycles. The Balaban J connectivity index is 2.19. The molecule has 5 heteroatoms. The van der Waals surface area contributed by atoms with E-state index in [2.05, 4.69) is 18.8 Å². The molecule has 2 rings (SSSR count). The van der Waals surface area contributed by atoms with Gasteiger partial charge in [0.05, 0.1) is 0 Å². The monoisotopic (exact) mass is 210 g/mol. The van der Waals surface area contributed by atoms with Crippen LogP contribution in [0.4, 0.5) is 6.01 Å². The van der Waals surface area contributed by atoms with Crippen molar-refractivity contribution in [3.63, 3.8) is 0 Å². The summed E-state index contributed by atoms with van der Waals surface area (Å²) in [5.41, 5.74) is -0.0308. The summed E-state index contributed by atoms with van der Waals surface area (Å²) >= 11 is 0. The minimum atomic E-state index is -1.05. The summed E-state index contributed by atoms with van der Waals surface area (Å²) in [6.45, 7) is 5.15. The first kappa shape index (κ1) is 10.0. The standard InChI is InChI=1S/C10H14N2O3/c1-6-3-4-12(7(6)2)10-11-8(5-15-10)9(13)14/h5-7H,3-4H2,1-2H3,(H,13,14). The van der Waals surface area contributed by atoms with Crippen LogP contribution in [-0.2, 0) is 0 Å². The molecule has 1 aromatic heterocycles. The van der Waals surface area contributed by atoms with E-state index >= 15 is 0 Å². The normalized spacial score (nSPS) is 25.9. The van der Waals surface area contributed by atoms with Gasteiger partial charge in [-0.15, -0.1) is 0 Å². The Bertz CT molecular complexity index is 374. The van der Waals surface area contributed by atoms with Crippen LogP contribution in [0.25, 0.3) is 0 Å². The zero-order valence-corrected chi connectivity index (χ0v) is 8.80. The van der Waals surface area contributed by atoms with Gasteiger partial charge in [0.25, 0.3) is 6.01 Å². The van der Waals surface area contributed by atoms with Crippen molar-refractivity contribution < 1.29 is 14.3 Å². The van der Waals surface area contributed by atoms with Crippen LogP contribution in [0.2, 0.25) is 0 Å². The SMILES string of the molecule is CC1CCN(c2nc(C(=O)O)co2)C1C. The third-order valence-electron chi connectivity index (χ3n) is 3.10. The number of hydrogen-bond acceptors (Lipinski definition) is 4. The van der Waals surface area contributed by atoms with Crippen molar-refractivity contribution in [2.45, 2.75) is 26.3 Å². The first-order valence-electron chi connectivity index (χ1n) is 5.05. The van der Waals surface area contributed by atoms with Crippen LogP contribution in [0, 0.1) is 5.92 Å². The lowest BCUT2D eigenvalue weighted by atomic mass is 10.1. The number of aromatic nitrogens is 1. The Morgan fingerprint density at radius 3 is 2.87 bits per heavy atom. The predicted molar refractivity (Wildman–Crippen MR) is 54.1 cm³/mol. The van der Waals surface area contributed by atoms with Gasteiger partial charge in [-0.05, 0) is 19.3 Å². The van der Waals surface area contributed by atoms with Crippen LogP contribution in [-0.4, -0.2) is 28.6 Å². The molecule has 1 fully saturated rings. The van der Waals surface area contributed by atoms with Crippen molar-refractivity contribution in [2.75, 3.05) is 11.4 Å². The fraction of sp³-hybridized carbons (Fsp3) is 0.600. The van der Waals surface area contributed by atoms with Crippen LogP contribution < -0.4 is 4.90 Å². The van der Waals surface area contributed by atoms with E-state index in [1.54, 1.807) is 0 Å². The van der Waals surface area contributed by atoms with Crippen LogP contribution in [0.3, 0.4) is 0 Å². The maximum absolute atomic E-state index is 10.6. The number of carboxylic acid groups (broad SMARTS) is 1. The fourth-order valence-electron chi connectivity index (χ4n) is 1.86. The van der Waals surface area contributed by atoms with Crippen LogP contribution in [0.15, 0.2) is 10.7 Å². The number of hydrogen-bond donors (Lipinski definition) is 1. The molecule has 2 unspecified atom stereocenters. The van der Waals surface area contributed by atoms with Gasteiger partial charge >= 0.3 is 5.97 Å². The molecule has 15 heavy (non-hydrogen) atoms. The maximum atomic E-state index is 10.6. The van der Waals surface area contributed by atoms with Crippen molar-refractivity contribution in [1.82, 2.24) is 4.98 Å². The molecule has 5 nitrogen and oxygen atoms in total.